The van der Waals surface area contributed by atoms with Crippen molar-refractivity contribution >= 4 is 0 Å². The summed E-state index contributed by atoms with van der Waals surface area (Å²) in [6, 6.07) is 12.0. The number of benzene rings is 2. The van der Waals surface area contributed by atoms with Gasteiger partial charge in [0.05, 0.1) is 6.10 Å². The van der Waals surface area contributed by atoms with E-state index in [0.29, 0.717) is 12.1 Å². The van der Waals surface area contributed by atoms with Crippen LogP contribution in [0.15, 0.2) is 42.5 Å². The standard InChI is InChI=1S/C17H20FNO/c1-11-3-4-14(9-12(11)2)16(10-19)17(20)13-5-7-15(18)8-6-13/h3-9,16-17,20H,10,19H2,1-2H3. The molecule has 0 saturated heterocycles. The minimum absolute atomic E-state index is 0.195. The van der Waals surface area contributed by atoms with Gasteiger partial charge in [0.15, 0.2) is 0 Å². The van der Waals surface area contributed by atoms with E-state index in [9.17, 15) is 9.50 Å². The van der Waals surface area contributed by atoms with Gasteiger partial charge >= 0.3 is 0 Å². The van der Waals surface area contributed by atoms with Crippen LogP contribution < -0.4 is 5.73 Å². The second kappa shape index (κ2) is 6.16. The van der Waals surface area contributed by atoms with Crippen LogP contribution in [0.3, 0.4) is 0 Å². The highest BCUT2D eigenvalue weighted by Gasteiger charge is 2.21. The van der Waals surface area contributed by atoms with Crippen LogP contribution in [0.1, 0.15) is 34.3 Å². The van der Waals surface area contributed by atoms with E-state index >= 15 is 0 Å². The van der Waals surface area contributed by atoms with Gasteiger partial charge in [-0.3, -0.25) is 0 Å². The SMILES string of the molecule is Cc1ccc(C(CN)C(O)c2ccc(F)cc2)cc1C. The van der Waals surface area contributed by atoms with Crippen LogP contribution in [-0.4, -0.2) is 11.7 Å². The number of aliphatic hydroxyl groups is 1. The summed E-state index contributed by atoms with van der Waals surface area (Å²) in [7, 11) is 0. The molecule has 0 heterocycles. The molecule has 0 aliphatic heterocycles. The summed E-state index contributed by atoms with van der Waals surface area (Å²) < 4.78 is 12.9. The minimum atomic E-state index is -0.734. The van der Waals surface area contributed by atoms with Crippen molar-refractivity contribution in [2.24, 2.45) is 5.73 Å². The largest absolute Gasteiger partial charge is 0.388 e. The Kier molecular flexibility index (Phi) is 4.53. The molecule has 2 aromatic carbocycles. The van der Waals surface area contributed by atoms with Gasteiger partial charge in [-0.15, -0.1) is 0 Å². The van der Waals surface area contributed by atoms with Gasteiger partial charge in [0.25, 0.3) is 0 Å². The van der Waals surface area contributed by atoms with Gasteiger partial charge in [0.2, 0.25) is 0 Å². The van der Waals surface area contributed by atoms with Crippen molar-refractivity contribution in [3.05, 3.63) is 70.5 Å². The number of hydrogen-bond donors (Lipinski definition) is 2. The molecule has 106 valence electrons. The lowest BCUT2D eigenvalue weighted by molar-refractivity contribution is 0.147. The number of nitrogens with two attached hydrogens (primary N) is 1. The third kappa shape index (κ3) is 3.06. The maximum Gasteiger partial charge on any atom is 0.123 e. The summed E-state index contributed by atoms with van der Waals surface area (Å²) in [6.07, 6.45) is -0.734. The Bertz CT molecular complexity index is 580. The molecule has 0 aliphatic carbocycles. The first-order chi connectivity index (χ1) is 9.52. The molecule has 0 bridgehead atoms. The summed E-state index contributed by atoms with van der Waals surface area (Å²) in [6.45, 7) is 4.42. The van der Waals surface area contributed by atoms with E-state index in [4.69, 9.17) is 5.73 Å². The Morgan fingerprint density at radius 2 is 1.60 bits per heavy atom. The van der Waals surface area contributed by atoms with Gasteiger partial charge < -0.3 is 10.8 Å². The molecular formula is C17H20FNO. The van der Waals surface area contributed by atoms with Crippen molar-refractivity contribution in [2.75, 3.05) is 6.54 Å². The molecule has 0 amide bonds. The lowest BCUT2D eigenvalue weighted by atomic mass is 9.88. The molecule has 20 heavy (non-hydrogen) atoms. The molecule has 2 nitrogen and oxygen atoms in total. The van der Waals surface area contributed by atoms with E-state index in [1.807, 2.05) is 26.0 Å². The van der Waals surface area contributed by atoms with Crippen molar-refractivity contribution in [3.63, 3.8) is 0 Å². The molecule has 0 saturated carbocycles. The fraction of sp³-hybridized carbons (Fsp3) is 0.294. The monoisotopic (exact) mass is 273 g/mol. The van der Waals surface area contributed by atoms with E-state index in [1.54, 1.807) is 12.1 Å². The number of hydrogen-bond acceptors (Lipinski definition) is 2. The van der Waals surface area contributed by atoms with Crippen LogP contribution >= 0.6 is 0 Å². The van der Waals surface area contributed by atoms with Crippen molar-refractivity contribution in [1.82, 2.24) is 0 Å². The second-order valence-corrected chi connectivity index (χ2v) is 5.18. The summed E-state index contributed by atoms with van der Waals surface area (Å²) in [5.74, 6) is -0.504. The summed E-state index contributed by atoms with van der Waals surface area (Å²) in [5, 5.41) is 10.5. The van der Waals surface area contributed by atoms with Crippen LogP contribution in [-0.2, 0) is 0 Å². The molecule has 3 heteroatoms. The first-order valence-corrected chi connectivity index (χ1v) is 6.73. The average molecular weight is 273 g/mol. The molecule has 0 spiro atoms. The zero-order valence-corrected chi connectivity index (χ0v) is 11.8. The maximum atomic E-state index is 12.9. The lowest BCUT2D eigenvalue weighted by Gasteiger charge is -2.23. The van der Waals surface area contributed by atoms with Crippen LogP contribution in [0.2, 0.25) is 0 Å². The minimum Gasteiger partial charge on any atom is -0.388 e. The van der Waals surface area contributed by atoms with E-state index in [2.05, 4.69) is 6.07 Å². The van der Waals surface area contributed by atoms with E-state index < -0.39 is 6.10 Å². The van der Waals surface area contributed by atoms with Crippen molar-refractivity contribution in [1.29, 1.82) is 0 Å². The Hall–Kier alpha value is -1.71. The first-order valence-electron chi connectivity index (χ1n) is 6.73. The molecule has 2 rings (SSSR count). The average Bonchev–Trinajstić information content (AvgIpc) is 2.44. The zero-order valence-electron chi connectivity index (χ0n) is 11.8. The van der Waals surface area contributed by atoms with Gasteiger partial charge in [-0.2, -0.15) is 0 Å². The van der Waals surface area contributed by atoms with Gasteiger partial charge in [-0.1, -0.05) is 30.3 Å². The molecule has 2 aromatic rings. The van der Waals surface area contributed by atoms with Crippen LogP contribution in [0.4, 0.5) is 4.39 Å². The van der Waals surface area contributed by atoms with Gasteiger partial charge in [0, 0.05) is 12.5 Å². The highest BCUT2D eigenvalue weighted by Crippen LogP contribution is 2.31. The Labute approximate surface area is 119 Å². The quantitative estimate of drug-likeness (QED) is 0.898. The first kappa shape index (κ1) is 14.7. The van der Waals surface area contributed by atoms with Crippen molar-refractivity contribution in [3.8, 4) is 0 Å². The van der Waals surface area contributed by atoms with E-state index in [-0.39, 0.29) is 11.7 Å². The van der Waals surface area contributed by atoms with Crippen LogP contribution in [0.5, 0.6) is 0 Å². The van der Waals surface area contributed by atoms with E-state index in [0.717, 1.165) is 5.56 Å². The number of halogens is 1. The fourth-order valence-electron chi connectivity index (χ4n) is 2.33. The maximum absolute atomic E-state index is 12.9. The lowest BCUT2D eigenvalue weighted by Crippen LogP contribution is -2.20. The summed E-state index contributed by atoms with van der Waals surface area (Å²) in [4.78, 5) is 0. The van der Waals surface area contributed by atoms with Gasteiger partial charge in [-0.05, 0) is 48.2 Å². The molecule has 0 radical (unpaired) electrons. The van der Waals surface area contributed by atoms with Crippen molar-refractivity contribution in [2.45, 2.75) is 25.9 Å². The molecule has 0 aliphatic rings. The predicted molar refractivity (Wildman–Crippen MR) is 79.1 cm³/mol. The fourth-order valence-corrected chi connectivity index (χ4v) is 2.33. The third-order valence-corrected chi connectivity index (χ3v) is 3.81. The Balaban J connectivity index is 2.31. The van der Waals surface area contributed by atoms with Gasteiger partial charge in [-0.25, -0.2) is 4.39 Å². The molecule has 2 atom stereocenters. The molecule has 0 fully saturated rings. The van der Waals surface area contributed by atoms with Gasteiger partial charge in [0.1, 0.15) is 5.82 Å². The number of rotatable bonds is 4. The summed E-state index contributed by atoms with van der Waals surface area (Å²) in [5.41, 5.74) is 9.90. The normalized spacial score (nSPS) is 14.1. The summed E-state index contributed by atoms with van der Waals surface area (Å²) >= 11 is 0. The molecular weight excluding hydrogens is 253 g/mol. The Morgan fingerprint density at radius 1 is 1.00 bits per heavy atom. The highest BCUT2D eigenvalue weighted by molar-refractivity contribution is 5.34. The zero-order chi connectivity index (χ0) is 14.7. The van der Waals surface area contributed by atoms with E-state index in [1.165, 1.54) is 23.3 Å². The number of aliphatic hydroxyl groups excluding tert-OH is 1. The molecule has 2 unspecified atom stereocenters. The number of aryl methyl sites for hydroxylation is 2. The highest BCUT2D eigenvalue weighted by atomic mass is 19.1. The third-order valence-electron chi connectivity index (χ3n) is 3.81. The Morgan fingerprint density at radius 3 is 2.15 bits per heavy atom. The smallest absolute Gasteiger partial charge is 0.123 e. The van der Waals surface area contributed by atoms with Crippen molar-refractivity contribution < 1.29 is 9.50 Å². The van der Waals surface area contributed by atoms with Crippen LogP contribution in [0.25, 0.3) is 0 Å². The van der Waals surface area contributed by atoms with Crippen LogP contribution in [0, 0.1) is 19.7 Å². The molecule has 3 N–H and O–H groups in total. The predicted octanol–water partition coefficient (Wildman–Crippen LogP) is 3.22. The topological polar surface area (TPSA) is 46.2 Å². The molecule has 0 aromatic heterocycles. The second-order valence-electron chi connectivity index (χ2n) is 5.18.